The lowest BCUT2D eigenvalue weighted by Gasteiger charge is -2.34. The number of nitrogens with zero attached hydrogens (tertiary/aromatic N) is 2. The molecule has 3 heterocycles. The van der Waals surface area contributed by atoms with E-state index in [2.05, 4.69) is 10.0 Å². The van der Waals surface area contributed by atoms with Crippen molar-refractivity contribution in [2.45, 2.75) is 19.8 Å². The Morgan fingerprint density at radius 3 is 2.54 bits per heavy atom. The van der Waals surface area contributed by atoms with Crippen LogP contribution in [-0.4, -0.2) is 69.1 Å². The number of hydrogen-bond donors (Lipinski definition) is 3. The Balaban J connectivity index is 1.65. The SMILES string of the molecule is Cc1cccc(NC(=O)/C2=C(\C=N)N3CCN(CC3)S(=O)(=[OH+])NCCc3cccc(c3)CCO2)c1. The predicted octanol–water partition coefficient (Wildman–Crippen LogP) is 2.22. The minimum absolute atomic E-state index is 0.0704. The summed E-state index contributed by atoms with van der Waals surface area (Å²) in [6.07, 6.45) is 2.32. The van der Waals surface area contributed by atoms with E-state index in [1.54, 1.807) is 6.07 Å². The van der Waals surface area contributed by atoms with Gasteiger partial charge in [-0.05, 0) is 42.2 Å². The van der Waals surface area contributed by atoms with Crippen LogP contribution in [0.1, 0.15) is 16.7 Å². The Hall–Kier alpha value is -3.21. The van der Waals surface area contributed by atoms with E-state index >= 15 is 0 Å². The fourth-order valence-corrected chi connectivity index (χ4v) is 5.48. The van der Waals surface area contributed by atoms with Gasteiger partial charge in [0.2, 0.25) is 5.76 Å². The Morgan fingerprint density at radius 1 is 1.11 bits per heavy atom. The Kier molecular flexibility index (Phi) is 7.84. The average molecular weight is 499 g/mol. The summed E-state index contributed by atoms with van der Waals surface area (Å²) in [5.41, 5.74) is 4.11. The molecule has 0 radical (unpaired) electrons. The van der Waals surface area contributed by atoms with Crippen LogP contribution in [0.15, 0.2) is 60.0 Å². The molecular formula is C25H32N5O4S+. The van der Waals surface area contributed by atoms with Crippen molar-refractivity contribution in [3.05, 3.63) is 76.7 Å². The van der Waals surface area contributed by atoms with Crippen LogP contribution in [0.5, 0.6) is 0 Å². The summed E-state index contributed by atoms with van der Waals surface area (Å²) in [5, 5.41) is 11.0. The summed E-state index contributed by atoms with van der Waals surface area (Å²) in [6.45, 7) is 3.98. The van der Waals surface area contributed by atoms with Gasteiger partial charge in [-0.1, -0.05) is 36.4 Å². The molecule has 2 aromatic rings. The number of allylic oxidation sites excluding steroid dienone is 1. The lowest BCUT2D eigenvalue weighted by Crippen LogP contribution is -2.52. The normalized spacial score (nSPS) is 25.5. The van der Waals surface area contributed by atoms with E-state index in [0.29, 0.717) is 56.9 Å². The molecule has 35 heavy (non-hydrogen) atoms. The second-order valence-corrected chi connectivity index (χ2v) is 10.5. The van der Waals surface area contributed by atoms with Crippen LogP contribution in [0, 0.1) is 12.3 Å². The number of carbonyl (C=O) groups excluding carboxylic acids is 1. The van der Waals surface area contributed by atoms with Crippen molar-refractivity contribution in [1.82, 2.24) is 13.9 Å². The Bertz CT molecular complexity index is 1220. The predicted molar refractivity (Wildman–Crippen MR) is 137 cm³/mol. The lowest BCUT2D eigenvalue weighted by molar-refractivity contribution is -0.116. The van der Waals surface area contributed by atoms with Gasteiger partial charge in [0, 0.05) is 51.0 Å². The van der Waals surface area contributed by atoms with Crippen molar-refractivity contribution >= 4 is 28.0 Å². The number of hydrogen-bond acceptors (Lipinski definition) is 5. The number of rotatable bonds is 3. The van der Waals surface area contributed by atoms with Gasteiger partial charge in [0.05, 0.1) is 6.61 Å². The number of fused-ring (bicyclic) bond motifs is 8. The maximum Gasteiger partial charge on any atom is 0.420 e. The van der Waals surface area contributed by atoms with Crippen molar-refractivity contribution in [2.24, 2.45) is 0 Å². The molecular weight excluding hydrogens is 466 g/mol. The molecule has 186 valence electrons. The van der Waals surface area contributed by atoms with Gasteiger partial charge in [0.15, 0.2) is 0 Å². The summed E-state index contributed by atoms with van der Waals surface area (Å²) in [5.74, 6) is -0.361. The van der Waals surface area contributed by atoms with Crippen molar-refractivity contribution in [3.8, 4) is 0 Å². The van der Waals surface area contributed by atoms with Crippen LogP contribution in [0.25, 0.3) is 0 Å². The molecule has 3 aliphatic heterocycles. The minimum Gasteiger partial charge on any atom is -0.486 e. The summed E-state index contributed by atoms with van der Waals surface area (Å²) in [7, 11) is -3.37. The minimum atomic E-state index is -3.37. The van der Waals surface area contributed by atoms with Crippen molar-refractivity contribution in [1.29, 1.82) is 5.41 Å². The molecule has 4 bridgehead atoms. The molecule has 1 amide bonds. The summed E-state index contributed by atoms with van der Waals surface area (Å²) in [4.78, 5) is 15.2. The highest BCUT2D eigenvalue weighted by atomic mass is 32.2. The number of carbonyl (C=O) groups is 1. The first-order chi connectivity index (χ1) is 16.9. The first-order valence-corrected chi connectivity index (χ1v) is 13.2. The van der Waals surface area contributed by atoms with Gasteiger partial charge in [0.25, 0.3) is 5.91 Å². The zero-order valence-corrected chi connectivity index (χ0v) is 20.6. The van der Waals surface area contributed by atoms with Gasteiger partial charge in [-0.2, -0.15) is 4.72 Å². The van der Waals surface area contributed by atoms with Gasteiger partial charge in [-0.25, -0.2) is 4.21 Å². The standard InChI is InChI=1S/C25H31N5O4S/c1-19-4-2-7-22(16-19)28-25(31)24-23(18-26)29-11-13-30(14-12-29)35(32,33)27-10-8-20-5-3-6-21(17-20)9-15-34-24/h2-7,16-18,26H,8-15H2,1H3,(H,28,31)(H,27,32,33)/p+1/b24-23-,26-18?. The van der Waals surface area contributed by atoms with Crippen molar-refractivity contribution < 1.29 is 17.9 Å². The first kappa shape index (κ1) is 24.9. The van der Waals surface area contributed by atoms with Crippen LogP contribution in [-0.2, 0) is 32.6 Å². The van der Waals surface area contributed by atoms with Crippen LogP contribution < -0.4 is 10.0 Å². The average Bonchev–Trinajstić information content (AvgIpc) is 2.83. The highest BCUT2D eigenvalue weighted by Gasteiger charge is 2.33. The molecule has 2 aromatic carbocycles. The molecule has 1 unspecified atom stereocenters. The molecule has 10 heteroatoms. The monoisotopic (exact) mass is 498 g/mol. The third-order valence-electron chi connectivity index (χ3n) is 6.11. The number of nitrogens with one attached hydrogen (secondary N) is 3. The van der Waals surface area contributed by atoms with E-state index in [1.165, 1.54) is 4.31 Å². The number of benzene rings is 2. The fraction of sp³-hybridized carbons (Fsp3) is 0.360. The van der Waals surface area contributed by atoms with Gasteiger partial charge in [-0.3, -0.25) is 4.79 Å². The van der Waals surface area contributed by atoms with E-state index in [0.717, 1.165) is 22.9 Å². The van der Waals surface area contributed by atoms with Gasteiger partial charge in [-0.15, -0.1) is 8.51 Å². The topological polar surface area (TPSA) is 119 Å². The largest absolute Gasteiger partial charge is 0.486 e. The van der Waals surface area contributed by atoms with E-state index in [9.17, 15) is 13.2 Å². The first-order valence-electron chi connectivity index (χ1n) is 11.7. The van der Waals surface area contributed by atoms with Crippen molar-refractivity contribution in [3.63, 3.8) is 0 Å². The number of amides is 1. The fourth-order valence-electron chi connectivity index (χ4n) is 4.27. The highest BCUT2D eigenvalue weighted by molar-refractivity contribution is 7.87. The van der Waals surface area contributed by atoms with Crippen LogP contribution in [0.4, 0.5) is 5.69 Å². The third-order valence-corrected chi connectivity index (χ3v) is 7.76. The van der Waals surface area contributed by atoms with Gasteiger partial charge >= 0.3 is 10.2 Å². The Morgan fingerprint density at radius 2 is 1.83 bits per heavy atom. The van der Waals surface area contributed by atoms with E-state index < -0.39 is 16.1 Å². The maximum atomic E-state index is 13.3. The van der Waals surface area contributed by atoms with Crippen LogP contribution in [0.3, 0.4) is 0 Å². The summed E-state index contributed by atoms with van der Waals surface area (Å²) < 4.78 is 33.8. The number of ether oxygens (including phenoxy) is 1. The lowest BCUT2D eigenvalue weighted by atomic mass is 10.1. The molecule has 1 saturated heterocycles. The summed E-state index contributed by atoms with van der Waals surface area (Å²) >= 11 is 0. The van der Waals surface area contributed by atoms with Gasteiger partial charge < -0.3 is 20.4 Å². The molecule has 1 atom stereocenters. The molecule has 1 fully saturated rings. The zero-order valence-electron chi connectivity index (χ0n) is 19.8. The zero-order chi connectivity index (χ0) is 24.8. The maximum absolute atomic E-state index is 13.3. The molecule has 0 saturated carbocycles. The van der Waals surface area contributed by atoms with Crippen molar-refractivity contribution in [2.75, 3.05) is 44.6 Å². The molecule has 0 spiro atoms. The number of piperazine rings is 1. The molecule has 5 rings (SSSR count). The molecule has 0 aliphatic carbocycles. The van der Waals surface area contributed by atoms with Gasteiger partial charge in [0.1, 0.15) is 5.70 Å². The molecule has 0 aromatic heterocycles. The van der Waals surface area contributed by atoms with Crippen LogP contribution in [0.2, 0.25) is 0 Å². The molecule has 3 aliphatic rings. The third kappa shape index (κ3) is 6.27. The highest BCUT2D eigenvalue weighted by Crippen LogP contribution is 2.19. The molecule has 9 nitrogen and oxygen atoms in total. The number of anilines is 1. The summed E-state index contributed by atoms with van der Waals surface area (Å²) in [6, 6.07) is 15.5. The smallest absolute Gasteiger partial charge is 0.420 e. The second-order valence-electron chi connectivity index (χ2n) is 8.66. The van der Waals surface area contributed by atoms with E-state index in [1.807, 2.05) is 54.3 Å². The Labute approximate surface area is 206 Å². The van der Waals surface area contributed by atoms with Crippen LogP contribution >= 0.6 is 0 Å². The van der Waals surface area contributed by atoms with E-state index in [4.69, 9.17) is 10.1 Å². The molecule has 4 N–H and O–H groups in total. The quantitative estimate of drug-likeness (QED) is 0.444. The number of aryl methyl sites for hydroxylation is 1. The van der Waals surface area contributed by atoms with E-state index in [-0.39, 0.29) is 12.4 Å². The second kappa shape index (κ2) is 11.0.